The molecule has 2 rings (SSSR count). The van der Waals surface area contributed by atoms with E-state index in [1.54, 1.807) is 0 Å². The van der Waals surface area contributed by atoms with Crippen LogP contribution < -0.4 is 11.3 Å². The monoisotopic (exact) mass is 254 g/mol. The lowest BCUT2D eigenvalue weighted by molar-refractivity contribution is -0.0203. The Morgan fingerprint density at radius 1 is 1.44 bits per heavy atom. The van der Waals surface area contributed by atoms with Gasteiger partial charge in [0.15, 0.2) is 0 Å². The molecule has 1 aliphatic heterocycles. The van der Waals surface area contributed by atoms with Gasteiger partial charge in [-0.3, -0.25) is 5.84 Å². The third-order valence-corrected chi connectivity index (χ3v) is 4.02. The van der Waals surface area contributed by atoms with Crippen LogP contribution >= 0.6 is 0 Å². The first kappa shape index (κ1) is 13.8. The number of nitrogens with two attached hydrogens (primary N) is 1. The second-order valence-corrected chi connectivity index (χ2v) is 5.21. The van der Waals surface area contributed by atoms with Crippen molar-refractivity contribution in [3.05, 3.63) is 11.8 Å². The highest BCUT2D eigenvalue weighted by Gasteiger charge is 2.34. The van der Waals surface area contributed by atoms with Crippen molar-refractivity contribution < 1.29 is 9.47 Å². The second-order valence-electron chi connectivity index (χ2n) is 5.21. The van der Waals surface area contributed by atoms with Gasteiger partial charge < -0.3 is 9.47 Å². The fraction of sp³-hybridized carbons (Fsp3) is 0.857. The molecular weight excluding hydrogens is 228 g/mol. The van der Waals surface area contributed by atoms with Crippen LogP contribution in [0.1, 0.15) is 45.4 Å². The minimum atomic E-state index is 0.00977. The molecule has 0 saturated heterocycles. The third-order valence-electron chi connectivity index (χ3n) is 4.02. The Kier molecular flexibility index (Phi) is 5.47. The molecule has 1 saturated carbocycles. The zero-order chi connectivity index (χ0) is 12.8. The van der Waals surface area contributed by atoms with Gasteiger partial charge in [-0.25, -0.2) is 5.43 Å². The zero-order valence-electron chi connectivity index (χ0n) is 11.4. The molecule has 0 bridgehead atoms. The van der Waals surface area contributed by atoms with E-state index in [1.807, 2.05) is 6.92 Å². The summed E-state index contributed by atoms with van der Waals surface area (Å²) in [6.07, 6.45) is 9.74. The number of nitrogens with one attached hydrogen (secondary N) is 1. The zero-order valence-corrected chi connectivity index (χ0v) is 11.4. The predicted molar refractivity (Wildman–Crippen MR) is 71.8 cm³/mol. The number of rotatable bonds is 6. The normalized spacial score (nSPS) is 24.4. The summed E-state index contributed by atoms with van der Waals surface area (Å²) in [6, 6.07) is 0.00977. The van der Waals surface area contributed by atoms with Gasteiger partial charge in [0, 0.05) is 13.0 Å². The fourth-order valence-corrected chi connectivity index (χ4v) is 3.15. The van der Waals surface area contributed by atoms with Gasteiger partial charge in [0.25, 0.3) is 0 Å². The maximum Gasteiger partial charge on any atom is 0.113 e. The molecule has 0 spiro atoms. The molecule has 0 aromatic heterocycles. The first-order valence-corrected chi connectivity index (χ1v) is 7.27. The molecule has 1 aliphatic carbocycles. The van der Waals surface area contributed by atoms with Crippen LogP contribution in [0.2, 0.25) is 0 Å². The predicted octanol–water partition coefficient (Wildman–Crippen LogP) is 2.11. The highest BCUT2D eigenvalue weighted by atomic mass is 16.5. The summed E-state index contributed by atoms with van der Waals surface area (Å²) in [5, 5.41) is 0. The summed E-state index contributed by atoms with van der Waals surface area (Å²) in [7, 11) is 0. The lowest BCUT2D eigenvalue weighted by Crippen LogP contribution is -2.50. The highest BCUT2D eigenvalue weighted by molar-refractivity contribution is 5.10. The van der Waals surface area contributed by atoms with E-state index in [-0.39, 0.29) is 12.1 Å². The van der Waals surface area contributed by atoms with E-state index in [2.05, 4.69) is 11.5 Å². The highest BCUT2D eigenvalue weighted by Crippen LogP contribution is 2.32. The van der Waals surface area contributed by atoms with Crippen molar-refractivity contribution in [1.29, 1.82) is 0 Å². The Morgan fingerprint density at radius 3 is 2.78 bits per heavy atom. The van der Waals surface area contributed by atoms with Crippen LogP contribution in [0.25, 0.3) is 0 Å². The minimum absolute atomic E-state index is 0.00977. The van der Waals surface area contributed by atoms with Gasteiger partial charge in [0.2, 0.25) is 0 Å². The quantitative estimate of drug-likeness (QED) is 0.563. The Morgan fingerprint density at radius 2 is 2.22 bits per heavy atom. The van der Waals surface area contributed by atoms with Crippen LogP contribution in [0, 0.1) is 5.92 Å². The Labute approximate surface area is 110 Å². The Hall–Kier alpha value is -0.580. The van der Waals surface area contributed by atoms with Crippen LogP contribution in [0.4, 0.5) is 0 Å². The molecule has 0 aromatic carbocycles. The van der Waals surface area contributed by atoms with Gasteiger partial charge in [-0.2, -0.15) is 0 Å². The van der Waals surface area contributed by atoms with E-state index in [9.17, 15) is 0 Å². The number of hydrazine groups is 1. The molecule has 2 unspecified atom stereocenters. The third kappa shape index (κ3) is 3.25. The van der Waals surface area contributed by atoms with Crippen molar-refractivity contribution in [2.45, 2.75) is 57.6 Å². The van der Waals surface area contributed by atoms with E-state index < -0.39 is 0 Å². The molecule has 104 valence electrons. The smallest absolute Gasteiger partial charge is 0.113 e. The van der Waals surface area contributed by atoms with Crippen molar-refractivity contribution in [2.24, 2.45) is 11.8 Å². The van der Waals surface area contributed by atoms with Gasteiger partial charge in [-0.15, -0.1) is 0 Å². The molecule has 4 nitrogen and oxygen atoms in total. The number of ether oxygens (including phenoxy) is 2. The number of hydrogen-bond acceptors (Lipinski definition) is 4. The molecule has 3 N–H and O–H groups in total. The summed E-state index contributed by atoms with van der Waals surface area (Å²) in [5.74, 6) is 7.31. The van der Waals surface area contributed by atoms with Crippen molar-refractivity contribution >= 4 is 0 Å². The lowest BCUT2D eigenvalue weighted by atomic mass is 9.82. The summed E-state index contributed by atoms with van der Waals surface area (Å²) in [6.45, 7) is 3.55. The Bertz CT molecular complexity index is 275. The van der Waals surface area contributed by atoms with Crippen LogP contribution in [-0.2, 0) is 9.47 Å². The fourth-order valence-electron chi connectivity index (χ4n) is 3.15. The maximum atomic E-state index is 5.98. The van der Waals surface area contributed by atoms with Crippen molar-refractivity contribution in [2.75, 3.05) is 13.2 Å². The summed E-state index contributed by atoms with van der Waals surface area (Å²) < 4.78 is 11.6. The van der Waals surface area contributed by atoms with Crippen LogP contribution in [-0.4, -0.2) is 25.4 Å². The summed E-state index contributed by atoms with van der Waals surface area (Å²) in [4.78, 5) is 0. The molecule has 4 heteroatoms. The average molecular weight is 254 g/mol. The van der Waals surface area contributed by atoms with E-state index in [4.69, 9.17) is 15.3 Å². The molecule has 18 heavy (non-hydrogen) atoms. The SMILES string of the molecule is CCOC(C1CCCCC1)C(NN)C1=CCCO1. The average Bonchev–Trinajstić information content (AvgIpc) is 2.94. The molecule has 0 aromatic rings. The maximum absolute atomic E-state index is 5.98. The van der Waals surface area contributed by atoms with E-state index in [1.165, 1.54) is 32.1 Å². The topological polar surface area (TPSA) is 56.5 Å². The molecule has 0 amide bonds. The molecular formula is C14H26N2O2. The van der Waals surface area contributed by atoms with Crippen molar-refractivity contribution in [3.8, 4) is 0 Å². The van der Waals surface area contributed by atoms with E-state index >= 15 is 0 Å². The van der Waals surface area contributed by atoms with E-state index in [0.717, 1.165) is 25.4 Å². The van der Waals surface area contributed by atoms with Crippen molar-refractivity contribution in [3.63, 3.8) is 0 Å². The number of hydrogen-bond donors (Lipinski definition) is 2. The van der Waals surface area contributed by atoms with Gasteiger partial charge in [-0.1, -0.05) is 19.3 Å². The molecule has 1 heterocycles. The summed E-state index contributed by atoms with van der Waals surface area (Å²) in [5.41, 5.74) is 2.91. The van der Waals surface area contributed by atoms with Crippen LogP contribution in [0.15, 0.2) is 11.8 Å². The summed E-state index contributed by atoms with van der Waals surface area (Å²) >= 11 is 0. The molecule has 1 fully saturated rings. The standard InChI is InChI=1S/C14H26N2O2/c1-2-17-14(11-7-4-3-5-8-11)13(16-15)12-9-6-10-18-12/h9,11,13-14,16H,2-8,10,15H2,1H3. The van der Waals surface area contributed by atoms with E-state index in [0.29, 0.717) is 5.92 Å². The molecule has 2 atom stereocenters. The van der Waals surface area contributed by atoms with Gasteiger partial charge in [-0.05, 0) is 31.8 Å². The van der Waals surface area contributed by atoms with Crippen molar-refractivity contribution in [1.82, 2.24) is 5.43 Å². The second kappa shape index (κ2) is 7.12. The first-order chi connectivity index (χ1) is 8.86. The minimum Gasteiger partial charge on any atom is -0.496 e. The first-order valence-electron chi connectivity index (χ1n) is 7.27. The lowest BCUT2D eigenvalue weighted by Gasteiger charge is -2.35. The largest absolute Gasteiger partial charge is 0.496 e. The molecule has 0 radical (unpaired) electrons. The van der Waals surface area contributed by atoms with Gasteiger partial charge in [0.1, 0.15) is 11.8 Å². The Balaban J connectivity index is 2.05. The van der Waals surface area contributed by atoms with Gasteiger partial charge >= 0.3 is 0 Å². The van der Waals surface area contributed by atoms with Gasteiger partial charge in [0.05, 0.1) is 12.7 Å². The molecule has 2 aliphatic rings. The van der Waals surface area contributed by atoms with Crippen LogP contribution in [0.5, 0.6) is 0 Å². The van der Waals surface area contributed by atoms with Crippen LogP contribution in [0.3, 0.4) is 0 Å².